The number of urea groups is 1. The topological polar surface area (TPSA) is 44.4 Å². The lowest BCUT2D eigenvalue weighted by Gasteiger charge is -2.30. The summed E-state index contributed by atoms with van der Waals surface area (Å²) in [6, 6.07) is 7.77. The molecule has 2 fully saturated rings. The Balaban J connectivity index is 1.61. The van der Waals surface area contributed by atoms with Crippen LogP contribution in [0.4, 0.5) is 10.5 Å². The first-order valence-corrected chi connectivity index (χ1v) is 8.14. The van der Waals surface area contributed by atoms with E-state index in [0.717, 1.165) is 51.0 Å². The van der Waals surface area contributed by atoms with E-state index in [2.05, 4.69) is 10.6 Å². The predicted octanol–water partition coefficient (Wildman–Crippen LogP) is 3.34. The molecule has 1 heterocycles. The highest BCUT2D eigenvalue weighted by Gasteiger charge is 2.34. The standard InChI is InChI=1S/C16H22ClN3O/c17-13-2-1-3-14(10-13)19-16(21)20(15-4-5-15)11-12-6-8-18-9-7-12/h1-3,10,12,15,18H,4-9,11H2,(H,19,21). The highest BCUT2D eigenvalue weighted by Crippen LogP contribution is 2.29. The highest BCUT2D eigenvalue weighted by molar-refractivity contribution is 6.30. The number of piperidine rings is 1. The van der Waals surface area contributed by atoms with Gasteiger partial charge in [-0.15, -0.1) is 0 Å². The maximum atomic E-state index is 12.5. The fraction of sp³-hybridized carbons (Fsp3) is 0.562. The molecule has 0 atom stereocenters. The van der Waals surface area contributed by atoms with Crippen molar-refractivity contribution >= 4 is 23.3 Å². The van der Waals surface area contributed by atoms with E-state index in [0.29, 0.717) is 17.0 Å². The summed E-state index contributed by atoms with van der Waals surface area (Å²) in [6.45, 7) is 3.01. The second-order valence-corrected chi connectivity index (χ2v) is 6.45. The zero-order valence-electron chi connectivity index (χ0n) is 12.1. The number of carbonyl (C=O) groups excluding carboxylic acids is 1. The van der Waals surface area contributed by atoms with Gasteiger partial charge in [0.25, 0.3) is 0 Å². The Bertz CT molecular complexity index is 498. The number of amides is 2. The largest absolute Gasteiger partial charge is 0.322 e. The van der Waals surface area contributed by atoms with Crippen LogP contribution in [0.25, 0.3) is 0 Å². The lowest BCUT2D eigenvalue weighted by atomic mass is 9.97. The van der Waals surface area contributed by atoms with E-state index in [9.17, 15) is 4.79 Å². The second kappa shape index (κ2) is 6.67. The normalized spacial score (nSPS) is 19.3. The minimum atomic E-state index is 0.0123. The average Bonchev–Trinajstić information content (AvgIpc) is 3.30. The van der Waals surface area contributed by atoms with E-state index in [4.69, 9.17) is 11.6 Å². The number of hydrogen-bond donors (Lipinski definition) is 2. The van der Waals surface area contributed by atoms with Gasteiger partial charge in [-0.05, 0) is 62.9 Å². The Morgan fingerprint density at radius 3 is 2.71 bits per heavy atom. The van der Waals surface area contributed by atoms with Crippen molar-refractivity contribution in [3.8, 4) is 0 Å². The maximum absolute atomic E-state index is 12.5. The molecule has 1 aromatic carbocycles. The van der Waals surface area contributed by atoms with Gasteiger partial charge in [-0.3, -0.25) is 0 Å². The molecule has 0 bridgehead atoms. The maximum Gasteiger partial charge on any atom is 0.322 e. The van der Waals surface area contributed by atoms with Crippen LogP contribution < -0.4 is 10.6 Å². The second-order valence-electron chi connectivity index (χ2n) is 6.02. The third kappa shape index (κ3) is 4.11. The van der Waals surface area contributed by atoms with Gasteiger partial charge in [0.05, 0.1) is 0 Å². The number of anilines is 1. The Kier molecular flexibility index (Phi) is 4.66. The molecule has 1 aliphatic carbocycles. The summed E-state index contributed by atoms with van der Waals surface area (Å²) in [6.07, 6.45) is 4.59. The van der Waals surface area contributed by atoms with Crippen LogP contribution in [0.1, 0.15) is 25.7 Å². The molecule has 5 heteroatoms. The molecule has 0 unspecified atom stereocenters. The molecule has 114 valence electrons. The molecule has 1 aliphatic heterocycles. The fourth-order valence-electron chi connectivity index (χ4n) is 2.89. The van der Waals surface area contributed by atoms with Crippen LogP contribution in [0.3, 0.4) is 0 Å². The molecular weight excluding hydrogens is 286 g/mol. The number of nitrogens with zero attached hydrogens (tertiary/aromatic N) is 1. The number of carbonyl (C=O) groups is 1. The third-order valence-corrected chi connectivity index (χ3v) is 4.47. The first-order chi connectivity index (χ1) is 10.2. The summed E-state index contributed by atoms with van der Waals surface area (Å²) in [5, 5.41) is 7.00. The first kappa shape index (κ1) is 14.7. The van der Waals surface area contributed by atoms with Gasteiger partial charge in [-0.1, -0.05) is 17.7 Å². The van der Waals surface area contributed by atoms with Crippen molar-refractivity contribution < 1.29 is 4.79 Å². The van der Waals surface area contributed by atoms with Gasteiger partial charge in [-0.25, -0.2) is 4.79 Å². The summed E-state index contributed by atoms with van der Waals surface area (Å²) in [7, 11) is 0. The number of hydrogen-bond acceptors (Lipinski definition) is 2. The van der Waals surface area contributed by atoms with Crippen molar-refractivity contribution in [2.45, 2.75) is 31.7 Å². The van der Waals surface area contributed by atoms with Crippen molar-refractivity contribution in [1.29, 1.82) is 0 Å². The van der Waals surface area contributed by atoms with E-state index >= 15 is 0 Å². The van der Waals surface area contributed by atoms with E-state index in [1.54, 1.807) is 6.07 Å². The lowest BCUT2D eigenvalue weighted by molar-refractivity contribution is 0.189. The molecule has 1 aromatic rings. The Labute approximate surface area is 130 Å². The molecule has 4 nitrogen and oxygen atoms in total. The Morgan fingerprint density at radius 2 is 2.05 bits per heavy atom. The number of halogens is 1. The smallest absolute Gasteiger partial charge is 0.321 e. The third-order valence-electron chi connectivity index (χ3n) is 4.24. The van der Waals surface area contributed by atoms with Crippen molar-refractivity contribution in [3.05, 3.63) is 29.3 Å². The summed E-state index contributed by atoms with van der Waals surface area (Å²) < 4.78 is 0. The van der Waals surface area contributed by atoms with Crippen LogP contribution >= 0.6 is 11.6 Å². The van der Waals surface area contributed by atoms with Gasteiger partial charge in [0, 0.05) is 23.3 Å². The van der Waals surface area contributed by atoms with Crippen molar-refractivity contribution in [2.75, 3.05) is 25.0 Å². The van der Waals surface area contributed by atoms with Gasteiger partial charge >= 0.3 is 6.03 Å². The SMILES string of the molecule is O=C(Nc1cccc(Cl)c1)N(CC1CCNCC1)C1CC1. The average molecular weight is 308 g/mol. The molecule has 2 amide bonds. The quantitative estimate of drug-likeness (QED) is 0.896. The molecule has 21 heavy (non-hydrogen) atoms. The van der Waals surface area contributed by atoms with Crippen molar-refractivity contribution in [1.82, 2.24) is 10.2 Å². The Morgan fingerprint density at radius 1 is 1.29 bits per heavy atom. The van der Waals surface area contributed by atoms with Gasteiger partial charge in [-0.2, -0.15) is 0 Å². The first-order valence-electron chi connectivity index (χ1n) is 7.76. The predicted molar refractivity (Wildman–Crippen MR) is 85.8 cm³/mol. The van der Waals surface area contributed by atoms with Crippen LogP contribution in [-0.4, -0.2) is 36.6 Å². The molecule has 3 rings (SSSR count). The molecule has 1 saturated heterocycles. The lowest BCUT2D eigenvalue weighted by Crippen LogP contribution is -2.42. The summed E-state index contributed by atoms with van der Waals surface area (Å²) in [4.78, 5) is 14.6. The summed E-state index contributed by atoms with van der Waals surface area (Å²) in [5.41, 5.74) is 0.767. The van der Waals surface area contributed by atoms with Crippen LogP contribution in [0, 0.1) is 5.92 Å². The molecule has 0 radical (unpaired) electrons. The van der Waals surface area contributed by atoms with Crippen LogP contribution in [0.2, 0.25) is 5.02 Å². The zero-order valence-corrected chi connectivity index (χ0v) is 12.9. The fourth-order valence-corrected chi connectivity index (χ4v) is 3.08. The van der Waals surface area contributed by atoms with Crippen molar-refractivity contribution in [3.63, 3.8) is 0 Å². The van der Waals surface area contributed by atoms with Gasteiger partial charge in [0.15, 0.2) is 0 Å². The zero-order chi connectivity index (χ0) is 14.7. The number of benzene rings is 1. The van der Waals surface area contributed by atoms with Crippen LogP contribution in [0.5, 0.6) is 0 Å². The molecular formula is C16H22ClN3O. The minimum Gasteiger partial charge on any atom is -0.321 e. The molecule has 2 N–H and O–H groups in total. The summed E-state index contributed by atoms with van der Waals surface area (Å²) >= 11 is 5.97. The Hall–Kier alpha value is -1.26. The highest BCUT2D eigenvalue weighted by atomic mass is 35.5. The number of rotatable bonds is 4. The van der Waals surface area contributed by atoms with E-state index in [1.807, 2.05) is 23.1 Å². The molecule has 1 saturated carbocycles. The van der Waals surface area contributed by atoms with Crippen LogP contribution in [0.15, 0.2) is 24.3 Å². The van der Waals surface area contributed by atoms with Crippen molar-refractivity contribution in [2.24, 2.45) is 5.92 Å². The van der Waals surface area contributed by atoms with E-state index in [1.165, 1.54) is 0 Å². The molecule has 2 aliphatic rings. The van der Waals surface area contributed by atoms with Crippen LogP contribution in [-0.2, 0) is 0 Å². The molecule has 0 spiro atoms. The van der Waals surface area contributed by atoms with E-state index < -0.39 is 0 Å². The monoisotopic (exact) mass is 307 g/mol. The minimum absolute atomic E-state index is 0.0123. The van der Waals surface area contributed by atoms with E-state index in [-0.39, 0.29) is 6.03 Å². The van der Waals surface area contributed by atoms with Gasteiger partial charge in [0.1, 0.15) is 0 Å². The number of nitrogens with one attached hydrogen (secondary N) is 2. The summed E-state index contributed by atoms with van der Waals surface area (Å²) in [5.74, 6) is 0.622. The van der Waals surface area contributed by atoms with Gasteiger partial charge in [0.2, 0.25) is 0 Å². The molecule has 0 aromatic heterocycles. The van der Waals surface area contributed by atoms with Gasteiger partial charge < -0.3 is 15.5 Å².